The first-order chi connectivity index (χ1) is 10.1. The molecule has 1 aromatic carbocycles. The van der Waals surface area contributed by atoms with Gasteiger partial charge in [0.2, 0.25) is 5.91 Å². The van der Waals surface area contributed by atoms with Crippen molar-refractivity contribution in [1.29, 1.82) is 0 Å². The Labute approximate surface area is 122 Å². The highest BCUT2D eigenvalue weighted by molar-refractivity contribution is 5.89. The molecule has 2 aromatic rings. The molecule has 0 bridgehead atoms. The van der Waals surface area contributed by atoms with Crippen LogP contribution in [-0.2, 0) is 16.0 Å². The molecule has 0 radical (unpaired) electrons. The van der Waals surface area contributed by atoms with E-state index in [1.54, 1.807) is 4.90 Å². The van der Waals surface area contributed by atoms with Crippen LogP contribution in [0.5, 0.6) is 0 Å². The summed E-state index contributed by atoms with van der Waals surface area (Å²) in [5.41, 5.74) is 1.97. The zero-order valence-corrected chi connectivity index (χ0v) is 11.9. The van der Waals surface area contributed by atoms with Gasteiger partial charge in [-0.3, -0.25) is 9.59 Å². The molecule has 1 aliphatic rings. The van der Waals surface area contributed by atoms with E-state index in [4.69, 9.17) is 5.11 Å². The molecular weight excluding hydrogens is 268 g/mol. The van der Waals surface area contributed by atoms with Crippen LogP contribution in [-0.4, -0.2) is 40.0 Å². The summed E-state index contributed by atoms with van der Waals surface area (Å²) in [6.07, 6.45) is 2.17. The number of carboxylic acids is 1. The number of nitrogens with zero attached hydrogens (tertiary/aromatic N) is 1. The van der Waals surface area contributed by atoms with E-state index < -0.39 is 11.9 Å². The largest absolute Gasteiger partial charge is 0.481 e. The number of para-hydroxylation sites is 1. The molecule has 1 aliphatic heterocycles. The number of hydrogen-bond acceptors (Lipinski definition) is 2. The fourth-order valence-electron chi connectivity index (χ4n) is 3.04. The summed E-state index contributed by atoms with van der Waals surface area (Å²) in [5.74, 6) is -1.26. The number of aromatic nitrogens is 1. The SMILES string of the molecule is C[C@@H]1CN(C(=O)Cc2c[nH]c3ccccc23)C[C@H]1C(=O)O. The fraction of sp³-hybridized carbons (Fsp3) is 0.375. The molecule has 0 aliphatic carbocycles. The summed E-state index contributed by atoms with van der Waals surface area (Å²) in [6, 6.07) is 7.86. The maximum atomic E-state index is 12.4. The maximum Gasteiger partial charge on any atom is 0.308 e. The van der Waals surface area contributed by atoms with E-state index in [9.17, 15) is 9.59 Å². The molecule has 0 unspecified atom stereocenters. The number of benzene rings is 1. The van der Waals surface area contributed by atoms with Gasteiger partial charge in [-0.15, -0.1) is 0 Å². The lowest BCUT2D eigenvalue weighted by Crippen LogP contribution is -2.31. The Kier molecular flexibility index (Phi) is 3.41. The maximum absolute atomic E-state index is 12.4. The third-order valence-corrected chi connectivity index (χ3v) is 4.30. The minimum absolute atomic E-state index is 0.00430. The second-order valence-electron chi connectivity index (χ2n) is 5.76. The van der Waals surface area contributed by atoms with Crippen molar-refractivity contribution in [1.82, 2.24) is 9.88 Å². The predicted molar refractivity (Wildman–Crippen MR) is 78.9 cm³/mol. The van der Waals surface area contributed by atoms with Crippen molar-refractivity contribution in [2.24, 2.45) is 11.8 Å². The van der Waals surface area contributed by atoms with Crippen molar-refractivity contribution in [2.45, 2.75) is 13.3 Å². The van der Waals surface area contributed by atoms with E-state index in [1.807, 2.05) is 37.4 Å². The second-order valence-corrected chi connectivity index (χ2v) is 5.76. The molecule has 1 saturated heterocycles. The standard InChI is InChI=1S/C16H18N2O3/c1-10-8-18(9-13(10)16(20)21)15(19)6-11-7-17-14-5-3-2-4-12(11)14/h2-5,7,10,13,17H,6,8-9H2,1H3,(H,20,21)/t10-,13-/m1/s1. The average Bonchev–Trinajstić information content (AvgIpc) is 3.03. The summed E-state index contributed by atoms with van der Waals surface area (Å²) in [6.45, 7) is 2.73. The molecule has 2 heterocycles. The number of carbonyl (C=O) groups is 2. The Hall–Kier alpha value is -2.30. The minimum Gasteiger partial charge on any atom is -0.481 e. The first-order valence-corrected chi connectivity index (χ1v) is 7.12. The zero-order chi connectivity index (χ0) is 15.0. The summed E-state index contributed by atoms with van der Waals surface area (Å²) in [7, 11) is 0. The third-order valence-electron chi connectivity index (χ3n) is 4.30. The molecular formula is C16H18N2O3. The molecule has 1 amide bonds. The van der Waals surface area contributed by atoms with Gasteiger partial charge in [0.05, 0.1) is 12.3 Å². The van der Waals surface area contributed by atoms with E-state index in [-0.39, 0.29) is 11.8 Å². The second kappa shape index (κ2) is 5.24. The monoisotopic (exact) mass is 286 g/mol. The van der Waals surface area contributed by atoms with E-state index in [0.717, 1.165) is 16.5 Å². The number of likely N-dealkylation sites (tertiary alicyclic amines) is 1. The molecule has 0 saturated carbocycles. The third kappa shape index (κ3) is 2.51. The van der Waals surface area contributed by atoms with Crippen molar-refractivity contribution >= 4 is 22.8 Å². The number of aliphatic carboxylic acids is 1. The molecule has 21 heavy (non-hydrogen) atoms. The van der Waals surface area contributed by atoms with E-state index >= 15 is 0 Å². The number of fused-ring (bicyclic) bond motifs is 1. The number of carboxylic acid groups (broad SMARTS) is 1. The van der Waals surface area contributed by atoms with Gasteiger partial charge in [-0.05, 0) is 17.5 Å². The van der Waals surface area contributed by atoms with Gasteiger partial charge in [0.25, 0.3) is 0 Å². The van der Waals surface area contributed by atoms with Crippen LogP contribution in [0.15, 0.2) is 30.5 Å². The Balaban J connectivity index is 1.74. The molecule has 1 fully saturated rings. The Morgan fingerprint density at radius 2 is 2.10 bits per heavy atom. The van der Waals surface area contributed by atoms with E-state index in [2.05, 4.69) is 4.98 Å². The average molecular weight is 286 g/mol. The molecule has 110 valence electrons. The van der Waals surface area contributed by atoms with Crippen molar-refractivity contribution < 1.29 is 14.7 Å². The molecule has 2 N–H and O–H groups in total. The zero-order valence-electron chi connectivity index (χ0n) is 11.9. The first kappa shape index (κ1) is 13.7. The smallest absolute Gasteiger partial charge is 0.308 e. The van der Waals surface area contributed by atoms with Crippen LogP contribution in [0, 0.1) is 11.8 Å². The van der Waals surface area contributed by atoms with Gasteiger partial charge in [0, 0.05) is 30.2 Å². The molecule has 1 aromatic heterocycles. The number of H-pyrrole nitrogens is 1. The molecule has 5 heteroatoms. The molecule has 3 rings (SSSR count). The van der Waals surface area contributed by atoms with Crippen molar-refractivity contribution in [3.05, 3.63) is 36.0 Å². The lowest BCUT2D eigenvalue weighted by atomic mass is 9.99. The molecule has 0 spiro atoms. The number of amides is 1. The molecule has 2 atom stereocenters. The minimum atomic E-state index is -0.815. The normalized spacial score (nSPS) is 21.9. The summed E-state index contributed by atoms with van der Waals surface area (Å²) in [4.78, 5) is 28.3. The van der Waals surface area contributed by atoms with Crippen molar-refractivity contribution in [2.75, 3.05) is 13.1 Å². The van der Waals surface area contributed by atoms with Crippen molar-refractivity contribution in [3.63, 3.8) is 0 Å². The van der Waals surface area contributed by atoms with Gasteiger partial charge in [-0.25, -0.2) is 0 Å². The summed E-state index contributed by atoms with van der Waals surface area (Å²) >= 11 is 0. The van der Waals surface area contributed by atoms with E-state index in [0.29, 0.717) is 19.5 Å². The first-order valence-electron chi connectivity index (χ1n) is 7.12. The lowest BCUT2D eigenvalue weighted by Gasteiger charge is -2.15. The number of nitrogens with one attached hydrogen (secondary N) is 1. The van der Waals surface area contributed by atoms with Crippen molar-refractivity contribution in [3.8, 4) is 0 Å². The Bertz CT molecular complexity index is 692. The van der Waals surface area contributed by atoms with Crippen LogP contribution < -0.4 is 0 Å². The van der Waals surface area contributed by atoms with Gasteiger partial charge in [-0.1, -0.05) is 25.1 Å². The predicted octanol–water partition coefficient (Wildman–Crippen LogP) is 1.89. The van der Waals surface area contributed by atoms with Crippen LogP contribution in [0.1, 0.15) is 12.5 Å². The van der Waals surface area contributed by atoms with Gasteiger partial charge in [-0.2, -0.15) is 0 Å². The quantitative estimate of drug-likeness (QED) is 0.905. The van der Waals surface area contributed by atoms with Crippen LogP contribution in [0.4, 0.5) is 0 Å². The summed E-state index contributed by atoms with van der Waals surface area (Å²) in [5, 5.41) is 10.2. The van der Waals surface area contributed by atoms with Gasteiger partial charge >= 0.3 is 5.97 Å². The Morgan fingerprint density at radius 3 is 2.81 bits per heavy atom. The Morgan fingerprint density at radius 1 is 1.33 bits per heavy atom. The van der Waals surface area contributed by atoms with Gasteiger partial charge in [0.15, 0.2) is 0 Å². The number of carbonyl (C=O) groups excluding carboxylic acids is 1. The van der Waals surface area contributed by atoms with Crippen LogP contribution in [0.3, 0.4) is 0 Å². The van der Waals surface area contributed by atoms with Crippen LogP contribution >= 0.6 is 0 Å². The van der Waals surface area contributed by atoms with Crippen LogP contribution in [0.25, 0.3) is 10.9 Å². The molecule has 5 nitrogen and oxygen atoms in total. The number of rotatable bonds is 3. The fourth-order valence-corrected chi connectivity index (χ4v) is 3.04. The topological polar surface area (TPSA) is 73.4 Å². The highest BCUT2D eigenvalue weighted by atomic mass is 16.4. The summed E-state index contributed by atoms with van der Waals surface area (Å²) < 4.78 is 0. The van der Waals surface area contributed by atoms with Gasteiger partial charge in [0.1, 0.15) is 0 Å². The van der Waals surface area contributed by atoms with Crippen LogP contribution in [0.2, 0.25) is 0 Å². The van der Waals surface area contributed by atoms with Gasteiger partial charge < -0.3 is 15.0 Å². The highest BCUT2D eigenvalue weighted by Crippen LogP contribution is 2.25. The number of hydrogen-bond donors (Lipinski definition) is 2. The van der Waals surface area contributed by atoms with E-state index in [1.165, 1.54) is 0 Å². The highest BCUT2D eigenvalue weighted by Gasteiger charge is 2.36. The lowest BCUT2D eigenvalue weighted by molar-refractivity contribution is -0.142. The number of aromatic amines is 1.